The second-order valence-electron chi connectivity index (χ2n) is 5.19. The third-order valence-corrected chi connectivity index (χ3v) is 2.42. The summed E-state index contributed by atoms with van der Waals surface area (Å²) in [7, 11) is 0. The van der Waals surface area contributed by atoms with Crippen LogP contribution in [0.2, 0.25) is 0 Å². The average molecular weight is 271 g/mol. The predicted octanol–water partition coefficient (Wildman–Crippen LogP) is 3.33. The SMILES string of the molecule is C=C(Cl)/N=C1/CN(C(=O)OC(C)(C)C)CCC1=C. The molecule has 1 aliphatic rings. The Bertz CT molecular complexity index is 408. The number of hydrogen-bond acceptors (Lipinski definition) is 3. The molecule has 0 saturated carbocycles. The molecule has 0 spiro atoms. The zero-order chi connectivity index (χ0) is 13.9. The minimum atomic E-state index is -0.501. The molecule has 1 fully saturated rings. The smallest absolute Gasteiger partial charge is 0.410 e. The van der Waals surface area contributed by atoms with Gasteiger partial charge < -0.3 is 9.64 Å². The Morgan fingerprint density at radius 2 is 2.11 bits per heavy atom. The van der Waals surface area contributed by atoms with Crippen molar-refractivity contribution in [3.05, 3.63) is 23.9 Å². The maximum atomic E-state index is 11.9. The van der Waals surface area contributed by atoms with Crippen molar-refractivity contribution in [1.82, 2.24) is 4.90 Å². The summed E-state index contributed by atoms with van der Waals surface area (Å²) < 4.78 is 5.31. The Labute approximate surface area is 113 Å². The number of carbonyl (C=O) groups is 1. The molecule has 0 atom stereocenters. The lowest BCUT2D eigenvalue weighted by Gasteiger charge is -2.31. The van der Waals surface area contributed by atoms with E-state index in [-0.39, 0.29) is 11.2 Å². The van der Waals surface area contributed by atoms with Gasteiger partial charge in [0, 0.05) is 6.54 Å². The van der Waals surface area contributed by atoms with Crippen LogP contribution in [-0.4, -0.2) is 35.4 Å². The number of amides is 1. The van der Waals surface area contributed by atoms with Crippen LogP contribution >= 0.6 is 11.6 Å². The molecule has 0 aliphatic carbocycles. The van der Waals surface area contributed by atoms with Gasteiger partial charge in [0.25, 0.3) is 0 Å². The summed E-state index contributed by atoms with van der Waals surface area (Å²) in [5.74, 6) is 0. The molecule has 100 valence electrons. The quantitative estimate of drug-likeness (QED) is 0.686. The number of aliphatic imine (C=N–C) groups is 1. The molecule has 1 rings (SSSR count). The molecule has 0 bridgehead atoms. The van der Waals surface area contributed by atoms with Gasteiger partial charge >= 0.3 is 6.09 Å². The maximum absolute atomic E-state index is 11.9. The van der Waals surface area contributed by atoms with Gasteiger partial charge in [0.1, 0.15) is 10.8 Å². The molecule has 5 heteroatoms. The van der Waals surface area contributed by atoms with Gasteiger partial charge in [-0.25, -0.2) is 9.79 Å². The number of halogens is 1. The first-order chi connectivity index (χ1) is 8.19. The molecular weight excluding hydrogens is 252 g/mol. The lowest BCUT2D eigenvalue weighted by molar-refractivity contribution is 0.0275. The Kier molecular flexibility index (Phi) is 4.57. The van der Waals surface area contributed by atoms with Crippen molar-refractivity contribution < 1.29 is 9.53 Å². The van der Waals surface area contributed by atoms with Gasteiger partial charge in [-0.3, -0.25) is 0 Å². The summed E-state index contributed by atoms with van der Waals surface area (Å²) in [6.07, 6.45) is 0.324. The molecule has 1 amide bonds. The van der Waals surface area contributed by atoms with Crippen LogP contribution in [0.1, 0.15) is 27.2 Å². The Morgan fingerprint density at radius 3 is 2.61 bits per heavy atom. The fourth-order valence-electron chi connectivity index (χ4n) is 1.53. The topological polar surface area (TPSA) is 41.9 Å². The van der Waals surface area contributed by atoms with Crippen LogP contribution in [0.5, 0.6) is 0 Å². The molecule has 0 aromatic carbocycles. The van der Waals surface area contributed by atoms with E-state index in [4.69, 9.17) is 16.3 Å². The normalized spacial score (nSPS) is 19.0. The number of piperidine rings is 1. The van der Waals surface area contributed by atoms with Crippen molar-refractivity contribution in [3.63, 3.8) is 0 Å². The predicted molar refractivity (Wildman–Crippen MR) is 74.0 cm³/mol. The number of carbonyl (C=O) groups excluding carboxylic acids is 1. The fourth-order valence-corrected chi connectivity index (χ4v) is 1.63. The highest BCUT2D eigenvalue weighted by Crippen LogP contribution is 2.18. The van der Waals surface area contributed by atoms with E-state index < -0.39 is 5.60 Å². The van der Waals surface area contributed by atoms with Crippen molar-refractivity contribution in [3.8, 4) is 0 Å². The van der Waals surface area contributed by atoms with Crippen molar-refractivity contribution in [2.75, 3.05) is 13.1 Å². The lowest BCUT2D eigenvalue weighted by atomic mass is 10.0. The number of nitrogens with zero attached hydrogens (tertiary/aromatic N) is 2. The van der Waals surface area contributed by atoms with Gasteiger partial charge in [-0.1, -0.05) is 24.8 Å². The van der Waals surface area contributed by atoms with E-state index in [1.807, 2.05) is 20.8 Å². The molecule has 0 aromatic rings. The zero-order valence-electron chi connectivity index (χ0n) is 11.1. The molecule has 4 nitrogen and oxygen atoms in total. The summed E-state index contributed by atoms with van der Waals surface area (Å²) in [6, 6.07) is 0. The standard InChI is InChI=1S/C13H19ClN2O2/c1-9-6-7-16(8-11(9)15-10(2)14)12(17)18-13(3,4)5/h1-2,6-8H2,3-5H3/b15-11-. The van der Waals surface area contributed by atoms with Gasteiger partial charge in [-0.05, 0) is 32.8 Å². The summed E-state index contributed by atoms with van der Waals surface area (Å²) >= 11 is 5.65. The number of likely N-dealkylation sites (tertiary alicyclic amines) is 1. The first kappa shape index (κ1) is 14.8. The highest BCUT2D eigenvalue weighted by molar-refractivity contribution is 6.30. The minimum Gasteiger partial charge on any atom is -0.444 e. The monoisotopic (exact) mass is 270 g/mol. The van der Waals surface area contributed by atoms with E-state index in [9.17, 15) is 4.79 Å². The minimum absolute atomic E-state index is 0.192. The van der Waals surface area contributed by atoms with Crippen LogP contribution in [0.3, 0.4) is 0 Å². The van der Waals surface area contributed by atoms with Crippen LogP contribution in [0.4, 0.5) is 4.79 Å². The Morgan fingerprint density at radius 1 is 1.50 bits per heavy atom. The van der Waals surface area contributed by atoms with Crippen LogP contribution < -0.4 is 0 Å². The van der Waals surface area contributed by atoms with Crippen LogP contribution in [-0.2, 0) is 4.74 Å². The summed E-state index contributed by atoms with van der Waals surface area (Å²) in [5, 5.41) is 0.192. The first-order valence-electron chi connectivity index (χ1n) is 5.77. The number of ether oxygens (including phenoxy) is 1. The van der Waals surface area contributed by atoms with E-state index in [0.717, 1.165) is 5.57 Å². The third-order valence-electron chi connectivity index (χ3n) is 2.34. The Balaban J connectivity index is 2.73. The van der Waals surface area contributed by atoms with Gasteiger partial charge in [-0.15, -0.1) is 0 Å². The molecule has 0 aromatic heterocycles. The van der Waals surface area contributed by atoms with Crippen molar-refractivity contribution >= 4 is 23.4 Å². The summed E-state index contributed by atoms with van der Waals surface area (Å²) in [5.41, 5.74) is 1.07. The van der Waals surface area contributed by atoms with Crippen molar-refractivity contribution in [2.24, 2.45) is 4.99 Å². The molecule has 1 heterocycles. The van der Waals surface area contributed by atoms with Crippen molar-refractivity contribution in [1.29, 1.82) is 0 Å². The fraction of sp³-hybridized carbons (Fsp3) is 0.538. The molecule has 0 radical (unpaired) electrons. The highest BCUT2D eigenvalue weighted by atomic mass is 35.5. The second-order valence-corrected chi connectivity index (χ2v) is 5.63. The van der Waals surface area contributed by atoms with Crippen LogP contribution in [0, 0.1) is 0 Å². The van der Waals surface area contributed by atoms with E-state index in [1.165, 1.54) is 0 Å². The van der Waals surface area contributed by atoms with Crippen LogP contribution in [0.15, 0.2) is 28.9 Å². The summed E-state index contributed by atoms with van der Waals surface area (Å²) in [6.45, 7) is 13.9. The lowest BCUT2D eigenvalue weighted by Crippen LogP contribution is -2.43. The molecule has 1 aliphatic heterocycles. The molecule has 0 unspecified atom stereocenters. The van der Waals surface area contributed by atoms with Gasteiger partial charge in [0.2, 0.25) is 0 Å². The zero-order valence-corrected chi connectivity index (χ0v) is 11.9. The van der Waals surface area contributed by atoms with E-state index >= 15 is 0 Å². The maximum Gasteiger partial charge on any atom is 0.410 e. The highest BCUT2D eigenvalue weighted by Gasteiger charge is 2.27. The van der Waals surface area contributed by atoms with Crippen LogP contribution in [0.25, 0.3) is 0 Å². The molecule has 18 heavy (non-hydrogen) atoms. The van der Waals surface area contributed by atoms with Gasteiger partial charge in [0.05, 0.1) is 12.3 Å². The average Bonchev–Trinajstić information content (AvgIpc) is 2.17. The van der Waals surface area contributed by atoms with Gasteiger partial charge in [0.15, 0.2) is 0 Å². The number of hydrogen-bond donors (Lipinski definition) is 0. The second kappa shape index (κ2) is 5.57. The molecular formula is C13H19ClN2O2. The summed E-state index contributed by atoms with van der Waals surface area (Å²) in [4.78, 5) is 17.6. The van der Waals surface area contributed by atoms with E-state index in [1.54, 1.807) is 4.90 Å². The van der Waals surface area contributed by atoms with Gasteiger partial charge in [-0.2, -0.15) is 0 Å². The first-order valence-corrected chi connectivity index (χ1v) is 6.15. The molecule has 0 N–H and O–H groups in total. The third kappa shape index (κ3) is 4.53. The molecule has 1 saturated heterocycles. The van der Waals surface area contributed by atoms with Crippen molar-refractivity contribution in [2.45, 2.75) is 32.8 Å². The largest absolute Gasteiger partial charge is 0.444 e. The van der Waals surface area contributed by atoms with E-state index in [0.29, 0.717) is 25.2 Å². The number of rotatable bonds is 1. The Hall–Kier alpha value is -1.29. The van der Waals surface area contributed by atoms with E-state index in [2.05, 4.69) is 18.2 Å².